The number of rotatable bonds is 12. The molecule has 0 saturated carbocycles. The van der Waals surface area contributed by atoms with Gasteiger partial charge in [0.05, 0.1) is 23.3 Å². The molecule has 1 aromatic rings. The van der Waals surface area contributed by atoms with Crippen LogP contribution in [-0.4, -0.2) is 25.0 Å². The molecule has 1 unspecified atom stereocenters. The van der Waals surface area contributed by atoms with Crippen molar-refractivity contribution in [3.8, 4) is 5.75 Å². The molecule has 0 spiro atoms. The molecule has 0 N–H and O–H groups in total. The molecule has 0 aliphatic carbocycles. The van der Waals surface area contributed by atoms with E-state index in [9.17, 15) is 9.59 Å². The van der Waals surface area contributed by atoms with Crippen LogP contribution in [0.4, 0.5) is 0 Å². The van der Waals surface area contributed by atoms with Gasteiger partial charge in [-0.05, 0) is 38.8 Å². The molecule has 146 valence electrons. The molecule has 0 aliphatic heterocycles. The predicted octanol–water partition coefficient (Wildman–Crippen LogP) is 6.13. The van der Waals surface area contributed by atoms with Gasteiger partial charge in [0.2, 0.25) is 0 Å². The summed E-state index contributed by atoms with van der Waals surface area (Å²) in [7, 11) is 0. The number of hydrogen-bond donors (Lipinski definition) is 0. The summed E-state index contributed by atoms with van der Waals surface area (Å²) < 4.78 is 10.6. The van der Waals surface area contributed by atoms with Gasteiger partial charge in [0, 0.05) is 5.02 Å². The fourth-order valence-corrected chi connectivity index (χ4v) is 3.48. The quantitative estimate of drug-likeness (QED) is 0.230. The Morgan fingerprint density at radius 3 is 2.15 bits per heavy atom. The standard InChI is InChI=1S/C19H25Cl3O4/c1-3-25-19(24)15(13(2)23)9-7-5-4-6-8-10-26-18-16(21)11-14(20)12-17(18)22/h11-12,15H,3-10H2,1-2H3. The van der Waals surface area contributed by atoms with Crippen LogP contribution in [0.5, 0.6) is 5.75 Å². The van der Waals surface area contributed by atoms with Crippen LogP contribution in [0.25, 0.3) is 0 Å². The van der Waals surface area contributed by atoms with E-state index in [1.807, 2.05) is 0 Å². The van der Waals surface area contributed by atoms with Crippen LogP contribution < -0.4 is 4.74 Å². The van der Waals surface area contributed by atoms with Crippen molar-refractivity contribution in [3.63, 3.8) is 0 Å². The third-order valence-corrected chi connectivity index (χ3v) is 4.69. The van der Waals surface area contributed by atoms with Crippen molar-refractivity contribution < 1.29 is 19.1 Å². The molecule has 0 saturated heterocycles. The number of benzene rings is 1. The molecule has 0 bridgehead atoms. The molecule has 0 fully saturated rings. The first-order valence-electron chi connectivity index (χ1n) is 8.81. The molecule has 1 aromatic carbocycles. The summed E-state index contributed by atoms with van der Waals surface area (Å²) >= 11 is 18.0. The number of esters is 1. The van der Waals surface area contributed by atoms with Gasteiger partial charge < -0.3 is 9.47 Å². The molecule has 4 nitrogen and oxygen atoms in total. The molecule has 0 aliphatic rings. The number of carbonyl (C=O) groups is 2. The predicted molar refractivity (Wildman–Crippen MR) is 105 cm³/mol. The number of hydrogen-bond acceptors (Lipinski definition) is 4. The Morgan fingerprint density at radius 1 is 1.00 bits per heavy atom. The Hall–Kier alpha value is -0.970. The molecule has 1 atom stereocenters. The van der Waals surface area contributed by atoms with Crippen molar-refractivity contribution in [1.29, 1.82) is 0 Å². The first kappa shape index (κ1) is 23.1. The summed E-state index contributed by atoms with van der Waals surface area (Å²) in [5.74, 6) is -0.720. The monoisotopic (exact) mass is 422 g/mol. The van der Waals surface area contributed by atoms with E-state index < -0.39 is 11.9 Å². The van der Waals surface area contributed by atoms with E-state index in [-0.39, 0.29) is 5.78 Å². The van der Waals surface area contributed by atoms with Gasteiger partial charge >= 0.3 is 5.97 Å². The van der Waals surface area contributed by atoms with E-state index in [4.69, 9.17) is 44.3 Å². The zero-order chi connectivity index (χ0) is 19.5. The normalized spacial score (nSPS) is 11.9. The Kier molecular flexibility index (Phi) is 11.0. The molecule has 7 heteroatoms. The lowest BCUT2D eigenvalue weighted by Crippen LogP contribution is -2.24. The highest BCUT2D eigenvalue weighted by atomic mass is 35.5. The van der Waals surface area contributed by atoms with Crippen molar-refractivity contribution in [2.24, 2.45) is 5.92 Å². The van der Waals surface area contributed by atoms with Crippen LogP contribution >= 0.6 is 34.8 Å². The smallest absolute Gasteiger partial charge is 0.316 e. The van der Waals surface area contributed by atoms with Crippen LogP contribution in [-0.2, 0) is 14.3 Å². The molecule has 0 amide bonds. The second-order valence-corrected chi connectivity index (χ2v) is 7.27. The second-order valence-electron chi connectivity index (χ2n) is 6.02. The molecule has 1 rings (SSSR count). The second kappa shape index (κ2) is 12.4. The number of halogens is 3. The number of Topliss-reactive ketones (excluding diaryl/α,β-unsaturated/α-hetero) is 1. The van der Waals surface area contributed by atoms with Crippen molar-refractivity contribution in [2.75, 3.05) is 13.2 Å². The number of unbranched alkanes of at least 4 members (excludes halogenated alkanes) is 4. The van der Waals surface area contributed by atoms with E-state index >= 15 is 0 Å². The van der Waals surface area contributed by atoms with Crippen LogP contribution in [0.15, 0.2) is 12.1 Å². The minimum Gasteiger partial charge on any atom is -0.490 e. The molecule has 0 aromatic heterocycles. The van der Waals surface area contributed by atoms with Crippen LogP contribution in [0.2, 0.25) is 15.1 Å². The van der Waals surface area contributed by atoms with E-state index in [0.717, 1.165) is 32.1 Å². The van der Waals surface area contributed by atoms with Gasteiger partial charge in [0.15, 0.2) is 5.75 Å². The molecule has 26 heavy (non-hydrogen) atoms. The topological polar surface area (TPSA) is 52.6 Å². The van der Waals surface area contributed by atoms with Gasteiger partial charge in [0.25, 0.3) is 0 Å². The van der Waals surface area contributed by atoms with Crippen LogP contribution in [0.3, 0.4) is 0 Å². The maximum Gasteiger partial charge on any atom is 0.316 e. The summed E-state index contributed by atoms with van der Waals surface area (Å²) in [6.07, 6.45) is 5.15. The number of ether oxygens (including phenoxy) is 2. The zero-order valence-corrected chi connectivity index (χ0v) is 17.4. The van der Waals surface area contributed by atoms with Gasteiger partial charge in [-0.3, -0.25) is 9.59 Å². The minimum atomic E-state index is -0.632. The average molecular weight is 424 g/mol. The number of ketones is 1. The fraction of sp³-hybridized carbons (Fsp3) is 0.579. The van der Waals surface area contributed by atoms with Gasteiger partial charge in [-0.1, -0.05) is 60.5 Å². The maximum atomic E-state index is 11.7. The van der Waals surface area contributed by atoms with Gasteiger partial charge in [-0.2, -0.15) is 0 Å². The highest BCUT2D eigenvalue weighted by Crippen LogP contribution is 2.35. The van der Waals surface area contributed by atoms with E-state index in [1.165, 1.54) is 6.92 Å². The Balaban J connectivity index is 2.20. The Labute approximate surface area is 170 Å². The SMILES string of the molecule is CCOC(=O)C(CCCCCCCOc1c(Cl)cc(Cl)cc1Cl)C(C)=O. The third-order valence-electron chi connectivity index (χ3n) is 3.91. The van der Waals surface area contributed by atoms with E-state index in [0.29, 0.717) is 40.5 Å². The Morgan fingerprint density at radius 2 is 1.58 bits per heavy atom. The van der Waals surface area contributed by atoms with Gasteiger partial charge in [0.1, 0.15) is 11.7 Å². The Bertz CT molecular complexity index is 581. The van der Waals surface area contributed by atoms with Gasteiger partial charge in [-0.15, -0.1) is 0 Å². The lowest BCUT2D eigenvalue weighted by molar-refractivity contribution is -0.151. The molecule has 0 heterocycles. The molecular formula is C19H25Cl3O4. The molecule has 0 radical (unpaired) electrons. The zero-order valence-electron chi connectivity index (χ0n) is 15.2. The van der Waals surface area contributed by atoms with Gasteiger partial charge in [-0.25, -0.2) is 0 Å². The first-order valence-corrected chi connectivity index (χ1v) is 9.94. The lowest BCUT2D eigenvalue weighted by Gasteiger charge is -2.12. The third kappa shape index (κ3) is 8.15. The summed E-state index contributed by atoms with van der Waals surface area (Å²) in [6, 6.07) is 3.19. The maximum absolute atomic E-state index is 11.7. The van der Waals surface area contributed by atoms with E-state index in [2.05, 4.69) is 0 Å². The number of carbonyl (C=O) groups excluding carboxylic acids is 2. The first-order chi connectivity index (χ1) is 12.4. The minimum absolute atomic E-state index is 0.131. The summed E-state index contributed by atoms with van der Waals surface area (Å²) in [5, 5.41) is 1.27. The molecular weight excluding hydrogens is 399 g/mol. The summed E-state index contributed by atoms with van der Waals surface area (Å²) in [6.45, 7) is 3.98. The van der Waals surface area contributed by atoms with Crippen molar-refractivity contribution >= 4 is 46.6 Å². The van der Waals surface area contributed by atoms with Crippen molar-refractivity contribution in [3.05, 3.63) is 27.2 Å². The van der Waals surface area contributed by atoms with Crippen molar-refractivity contribution in [1.82, 2.24) is 0 Å². The fourth-order valence-electron chi connectivity index (χ4n) is 2.55. The summed E-state index contributed by atoms with van der Waals surface area (Å²) in [4.78, 5) is 23.2. The highest BCUT2D eigenvalue weighted by Gasteiger charge is 2.23. The van der Waals surface area contributed by atoms with Crippen LogP contribution in [0, 0.1) is 5.92 Å². The largest absolute Gasteiger partial charge is 0.490 e. The average Bonchev–Trinajstić information content (AvgIpc) is 2.54. The summed E-state index contributed by atoms with van der Waals surface area (Å²) in [5.41, 5.74) is 0. The lowest BCUT2D eigenvalue weighted by atomic mass is 9.97. The van der Waals surface area contributed by atoms with Crippen LogP contribution in [0.1, 0.15) is 52.4 Å². The van der Waals surface area contributed by atoms with E-state index in [1.54, 1.807) is 19.1 Å². The van der Waals surface area contributed by atoms with Crippen molar-refractivity contribution in [2.45, 2.75) is 52.4 Å². The highest BCUT2D eigenvalue weighted by molar-refractivity contribution is 6.40.